The van der Waals surface area contributed by atoms with Crippen LogP contribution in [0, 0.1) is 17.7 Å². The molecule has 11 heteroatoms. The third kappa shape index (κ3) is 7.08. The maximum atomic E-state index is 13.8. The summed E-state index contributed by atoms with van der Waals surface area (Å²) in [5.41, 5.74) is -0.176. The van der Waals surface area contributed by atoms with Crippen molar-refractivity contribution in [1.29, 1.82) is 0 Å². The van der Waals surface area contributed by atoms with Gasteiger partial charge >= 0.3 is 11.8 Å². The van der Waals surface area contributed by atoms with Gasteiger partial charge in [-0.3, -0.25) is 24.0 Å². The number of carbonyl (C=O) groups excluding carboxylic acids is 5. The number of ketones is 1. The lowest BCUT2D eigenvalue weighted by Crippen LogP contribution is -2.54. The quantitative estimate of drug-likeness (QED) is 0.300. The zero-order valence-corrected chi connectivity index (χ0v) is 18.6. The Labute approximate surface area is 196 Å². The van der Waals surface area contributed by atoms with Gasteiger partial charge in [0.05, 0.1) is 11.7 Å². The van der Waals surface area contributed by atoms with Crippen LogP contribution in [0.25, 0.3) is 0 Å². The van der Waals surface area contributed by atoms with Gasteiger partial charge in [-0.2, -0.15) is 0 Å². The molecule has 1 saturated heterocycles. The van der Waals surface area contributed by atoms with Gasteiger partial charge in [0.1, 0.15) is 18.5 Å². The maximum Gasteiger partial charge on any atom is 0.313 e. The van der Waals surface area contributed by atoms with Crippen LogP contribution in [0.4, 0.5) is 10.1 Å². The Kier molecular flexibility index (Phi) is 8.69. The number of rotatable bonds is 10. The first kappa shape index (κ1) is 25.3. The van der Waals surface area contributed by atoms with Crippen molar-refractivity contribution in [3.63, 3.8) is 0 Å². The molecule has 10 nitrogen and oxygen atoms in total. The molecule has 3 rings (SSSR count). The van der Waals surface area contributed by atoms with E-state index in [2.05, 4.69) is 21.3 Å². The molecule has 1 saturated carbocycles. The highest BCUT2D eigenvalue weighted by molar-refractivity contribution is 6.40. The molecule has 3 atom stereocenters. The minimum atomic E-state index is -1.14. The van der Waals surface area contributed by atoms with Crippen LogP contribution in [-0.4, -0.2) is 59.8 Å². The van der Waals surface area contributed by atoms with E-state index in [1.54, 1.807) is 0 Å². The number of para-hydroxylation sites is 1. The Morgan fingerprint density at radius 3 is 2.41 bits per heavy atom. The topological polar surface area (TPSA) is 154 Å². The molecular formula is C23H29FN4O6. The lowest BCUT2D eigenvalue weighted by atomic mass is 9.90. The average molecular weight is 477 g/mol. The first-order chi connectivity index (χ1) is 16.3. The Bertz CT molecular complexity index is 951. The lowest BCUT2D eigenvalue weighted by Gasteiger charge is -2.27. The van der Waals surface area contributed by atoms with E-state index in [-0.39, 0.29) is 30.4 Å². The molecule has 1 heterocycles. The van der Waals surface area contributed by atoms with Gasteiger partial charge in [-0.1, -0.05) is 25.0 Å². The second kappa shape index (κ2) is 11.7. The summed E-state index contributed by atoms with van der Waals surface area (Å²) < 4.78 is 13.8. The summed E-state index contributed by atoms with van der Waals surface area (Å²) in [4.78, 5) is 62.0. The summed E-state index contributed by atoms with van der Waals surface area (Å²) >= 11 is 0. The molecule has 2 aliphatic rings. The van der Waals surface area contributed by atoms with Crippen molar-refractivity contribution in [2.45, 2.75) is 50.6 Å². The standard InChI is InChI=1S/C23H29FN4O6/c24-15-5-1-2-6-16(15)26-22(33)23(34)28-18(10-13-7-8-13)21(32)27-17(19(30)12-29)11-14-4-3-9-25-20(14)31/h1-2,5-6,13-14,17-18,29H,3-4,7-12H2,(H,25,31)(H,26,33)(H,27,32)(H,28,34)/t14-,17-,18-/m0/s1. The molecule has 0 aromatic heterocycles. The lowest BCUT2D eigenvalue weighted by molar-refractivity contribution is -0.138. The van der Waals surface area contributed by atoms with E-state index >= 15 is 0 Å². The van der Waals surface area contributed by atoms with Gasteiger partial charge in [-0.25, -0.2) is 4.39 Å². The summed E-state index contributed by atoms with van der Waals surface area (Å²) in [6.07, 6.45) is 3.30. The molecule has 184 valence electrons. The molecule has 0 bridgehead atoms. The molecule has 0 radical (unpaired) electrons. The Balaban J connectivity index is 1.65. The highest BCUT2D eigenvalue weighted by Crippen LogP contribution is 2.33. The Hall–Kier alpha value is -3.34. The van der Waals surface area contributed by atoms with E-state index < -0.39 is 53.9 Å². The van der Waals surface area contributed by atoms with Crippen LogP contribution in [0.5, 0.6) is 0 Å². The number of aliphatic hydroxyl groups is 1. The van der Waals surface area contributed by atoms with Crippen LogP contribution in [0.3, 0.4) is 0 Å². The predicted octanol–water partition coefficient (Wildman–Crippen LogP) is 0.0116. The molecule has 1 aliphatic heterocycles. The number of nitrogens with one attached hydrogen (secondary N) is 4. The molecule has 2 fully saturated rings. The third-order valence-corrected chi connectivity index (χ3v) is 6.00. The van der Waals surface area contributed by atoms with Crippen molar-refractivity contribution in [2.24, 2.45) is 11.8 Å². The summed E-state index contributed by atoms with van der Waals surface area (Å²) in [6, 6.07) is 3.12. The van der Waals surface area contributed by atoms with Gasteiger partial charge < -0.3 is 26.4 Å². The first-order valence-electron chi connectivity index (χ1n) is 11.4. The maximum absolute atomic E-state index is 13.8. The molecule has 1 aliphatic carbocycles. The number of amides is 4. The normalized spacial score (nSPS) is 19.4. The average Bonchev–Trinajstić information content (AvgIpc) is 3.64. The summed E-state index contributed by atoms with van der Waals surface area (Å²) in [5.74, 6) is -4.85. The summed E-state index contributed by atoms with van der Waals surface area (Å²) in [6.45, 7) is -0.269. The van der Waals surface area contributed by atoms with Gasteiger partial charge in [0.15, 0.2) is 5.78 Å². The van der Waals surface area contributed by atoms with Crippen LogP contribution in [0.15, 0.2) is 24.3 Å². The molecule has 1 aromatic rings. The van der Waals surface area contributed by atoms with Crippen LogP contribution in [-0.2, 0) is 24.0 Å². The number of benzene rings is 1. The monoisotopic (exact) mass is 476 g/mol. The highest BCUT2D eigenvalue weighted by atomic mass is 19.1. The first-order valence-corrected chi connectivity index (χ1v) is 11.4. The van der Waals surface area contributed by atoms with Crippen LogP contribution in [0.1, 0.15) is 38.5 Å². The number of piperidine rings is 1. The molecule has 0 unspecified atom stereocenters. The Morgan fingerprint density at radius 2 is 1.76 bits per heavy atom. The fraction of sp³-hybridized carbons (Fsp3) is 0.522. The van der Waals surface area contributed by atoms with Crippen molar-refractivity contribution < 1.29 is 33.5 Å². The number of halogens is 1. The minimum absolute atomic E-state index is 0.0227. The van der Waals surface area contributed by atoms with Crippen molar-refractivity contribution in [2.75, 3.05) is 18.5 Å². The second-order valence-electron chi connectivity index (χ2n) is 8.69. The van der Waals surface area contributed by atoms with Gasteiger partial charge in [0.2, 0.25) is 11.8 Å². The molecule has 1 aromatic carbocycles. The fourth-order valence-electron chi connectivity index (χ4n) is 3.88. The van der Waals surface area contributed by atoms with Gasteiger partial charge in [0.25, 0.3) is 0 Å². The number of carbonyl (C=O) groups is 5. The molecule has 4 amide bonds. The van der Waals surface area contributed by atoms with Gasteiger partial charge in [-0.15, -0.1) is 0 Å². The van der Waals surface area contributed by atoms with E-state index in [0.717, 1.165) is 25.3 Å². The number of hydrogen-bond acceptors (Lipinski definition) is 6. The van der Waals surface area contributed by atoms with Crippen LogP contribution in [0.2, 0.25) is 0 Å². The number of anilines is 1. The molecule has 0 spiro atoms. The van der Waals surface area contributed by atoms with Crippen LogP contribution >= 0.6 is 0 Å². The Morgan fingerprint density at radius 1 is 1.03 bits per heavy atom. The van der Waals surface area contributed by atoms with Crippen molar-refractivity contribution >= 4 is 35.1 Å². The van der Waals surface area contributed by atoms with Gasteiger partial charge in [0, 0.05) is 12.5 Å². The number of aliphatic hydroxyl groups excluding tert-OH is 1. The number of Topliss-reactive ketones (excluding diaryl/α,β-unsaturated/α-hetero) is 1. The smallest absolute Gasteiger partial charge is 0.313 e. The zero-order valence-electron chi connectivity index (χ0n) is 18.6. The van der Waals surface area contributed by atoms with E-state index in [1.807, 2.05) is 0 Å². The fourth-order valence-corrected chi connectivity index (χ4v) is 3.88. The van der Waals surface area contributed by atoms with Crippen LogP contribution < -0.4 is 21.3 Å². The molecular weight excluding hydrogens is 447 g/mol. The van der Waals surface area contributed by atoms with E-state index in [4.69, 9.17) is 0 Å². The van der Waals surface area contributed by atoms with E-state index in [1.165, 1.54) is 18.2 Å². The SMILES string of the molecule is O=C(Nc1ccccc1F)C(=O)N[C@@H](CC1CC1)C(=O)N[C@@H](C[C@@H]1CCCNC1=O)C(=O)CO. The van der Waals surface area contributed by atoms with Crippen molar-refractivity contribution in [1.82, 2.24) is 16.0 Å². The van der Waals surface area contributed by atoms with Crippen molar-refractivity contribution in [3.8, 4) is 0 Å². The predicted molar refractivity (Wildman–Crippen MR) is 119 cm³/mol. The minimum Gasteiger partial charge on any atom is -0.389 e. The van der Waals surface area contributed by atoms with Gasteiger partial charge in [-0.05, 0) is 43.7 Å². The second-order valence-corrected chi connectivity index (χ2v) is 8.69. The zero-order chi connectivity index (χ0) is 24.7. The third-order valence-electron chi connectivity index (χ3n) is 6.00. The molecule has 34 heavy (non-hydrogen) atoms. The highest BCUT2D eigenvalue weighted by Gasteiger charge is 2.35. The molecule has 5 N–H and O–H groups in total. The summed E-state index contributed by atoms with van der Waals surface area (Å²) in [7, 11) is 0. The van der Waals surface area contributed by atoms with E-state index in [9.17, 15) is 33.5 Å². The van der Waals surface area contributed by atoms with E-state index in [0.29, 0.717) is 13.0 Å². The summed E-state index contributed by atoms with van der Waals surface area (Å²) in [5, 5.41) is 19.1. The van der Waals surface area contributed by atoms with Crippen molar-refractivity contribution in [3.05, 3.63) is 30.1 Å². The largest absolute Gasteiger partial charge is 0.389 e. The number of hydrogen-bond donors (Lipinski definition) is 5.